The maximum absolute atomic E-state index is 12.4. The van der Waals surface area contributed by atoms with Crippen molar-refractivity contribution >= 4 is 5.91 Å². The van der Waals surface area contributed by atoms with E-state index in [2.05, 4.69) is 11.8 Å². The molecule has 2 rings (SSSR count). The van der Waals surface area contributed by atoms with Crippen LogP contribution in [0.25, 0.3) is 0 Å². The fraction of sp³-hybridized carbons (Fsp3) is 0.667. The van der Waals surface area contributed by atoms with Crippen molar-refractivity contribution in [2.75, 3.05) is 26.7 Å². The number of rotatable bonds is 5. The van der Waals surface area contributed by atoms with Gasteiger partial charge in [0.2, 0.25) is 0 Å². The number of hydrogen-bond acceptors (Lipinski definition) is 4. The van der Waals surface area contributed by atoms with Gasteiger partial charge in [0.05, 0.1) is 12.1 Å². The molecule has 1 saturated heterocycles. The highest BCUT2D eigenvalue weighted by Gasteiger charge is 2.26. The third-order valence-electron chi connectivity index (χ3n) is 4.07. The van der Waals surface area contributed by atoms with Crippen LogP contribution < -0.4 is 5.73 Å². The SMILES string of the molecule is CCCN1CCC(N(C)C(=O)c2coc(CN)c2)CC1. The molecule has 0 radical (unpaired) electrons. The van der Waals surface area contributed by atoms with Gasteiger partial charge in [0.25, 0.3) is 5.91 Å². The number of carbonyl (C=O) groups excluding carboxylic acids is 1. The zero-order valence-corrected chi connectivity index (χ0v) is 12.5. The molecule has 1 aromatic heterocycles. The molecule has 1 aliphatic rings. The molecular formula is C15H25N3O2. The molecule has 0 unspecified atom stereocenters. The second kappa shape index (κ2) is 6.90. The number of amides is 1. The minimum atomic E-state index is 0.0300. The molecule has 5 nitrogen and oxygen atoms in total. The number of nitrogens with two attached hydrogens (primary N) is 1. The molecule has 1 aliphatic heterocycles. The van der Waals surface area contributed by atoms with Gasteiger partial charge >= 0.3 is 0 Å². The highest BCUT2D eigenvalue weighted by atomic mass is 16.3. The third kappa shape index (κ3) is 3.41. The fourth-order valence-electron chi connectivity index (χ4n) is 2.82. The summed E-state index contributed by atoms with van der Waals surface area (Å²) in [4.78, 5) is 16.7. The lowest BCUT2D eigenvalue weighted by Crippen LogP contribution is -2.45. The largest absolute Gasteiger partial charge is 0.467 e. The van der Waals surface area contributed by atoms with Crippen LogP contribution in [0, 0.1) is 0 Å². The zero-order valence-electron chi connectivity index (χ0n) is 12.5. The van der Waals surface area contributed by atoms with Crippen LogP contribution in [0.3, 0.4) is 0 Å². The van der Waals surface area contributed by atoms with Gasteiger partial charge in [0.1, 0.15) is 12.0 Å². The first-order valence-electron chi connectivity index (χ1n) is 7.42. The third-order valence-corrected chi connectivity index (χ3v) is 4.07. The number of furan rings is 1. The molecule has 0 saturated carbocycles. The summed E-state index contributed by atoms with van der Waals surface area (Å²) in [5, 5.41) is 0. The van der Waals surface area contributed by atoms with Gasteiger partial charge in [0.15, 0.2) is 0 Å². The van der Waals surface area contributed by atoms with Gasteiger partial charge in [-0.3, -0.25) is 4.79 Å². The molecule has 1 fully saturated rings. The molecule has 5 heteroatoms. The van der Waals surface area contributed by atoms with E-state index in [-0.39, 0.29) is 5.91 Å². The van der Waals surface area contributed by atoms with Crippen molar-refractivity contribution in [2.24, 2.45) is 5.73 Å². The minimum Gasteiger partial charge on any atom is -0.467 e. The molecule has 0 bridgehead atoms. The van der Waals surface area contributed by atoms with E-state index >= 15 is 0 Å². The van der Waals surface area contributed by atoms with Crippen LogP contribution in [0.5, 0.6) is 0 Å². The lowest BCUT2D eigenvalue weighted by Gasteiger charge is -2.36. The Kier molecular flexibility index (Phi) is 5.20. The van der Waals surface area contributed by atoms with Crippen LogP contribution in [0.4, 0.5) is 0 Å². The smallest absolute Gasteiger partial charge is 0.257 e. The molecular weight excluding hydrogens is 254 g/mol. The molecule has 112 valence electrons. The van der Waals surface area contributed by atoms with E-state index < -0.39 is 0 Å². The Morgan fingerprint density at radius 1 is 1.50 bits per heavy atom. The van der Waals surface area contributed by atoms with Crippen molar-refractivity contribution in [3.05, 3.63) is 23.7 Å². The Morgan fingerprint density at radius 3 is 2.75 bits per heavy atom. The first-order valence-corrected chi connectivity index (χ1v) is 7.42. The van der Waals surface area contributed by atoms with Crippen LogP contribution in [-0.4, -0.2) is 48.4 Å². The molecule has 1 aromatic rings. The number of piperidine rings is 1. The molecule has 2 heterocycles. The molecule has 0 aromatic carbocycles. The van der Waals surface area contributed by atoms with Crippen molar-refractivity contribution < 1.29 is 9.21 Å². The molecule has 2 N–H and O–H groups in total. The lowest BCUT2D eigenvalue weighted by atomic mass is 10.0. The van der Waals surface area contributed by atoms with E-state index in [0.717, 1.165) is 32.5 Å². The summed E-state index contributed by atoms with van der Waals surface area (Å²) in [6.07, 6.45) is 4.79. The summed E-state index contributed by atoms with van der Waals surface area (Å²) in [5.41, 5.74) is 6.10. The Bertz CT molecular complexity index is 436. The maximum atomic E-state index is 12.4. The van der Waals surface area contributed by atoms with Crippen molar-refractivity contribution in [3.8, 4) is 0 Å². The van der Waals surface area contributed by atoms with E-state index in [1.165, 1.54) is 12.7 Å². The van der Waals surface area contributed by atoms with Crippen molar-refractivity contribution in [1.29, 1.82) is 0 Å². The van der Waals surface area contributed by atoms with Crippen molar-refractivity contribution in [3.63, 3.8) is 0 Å². The first kappa shape index (κ1) is 15.1. The summed E-state index contributed by atoms with van der Waals surface area (Å²) >= 11 is 0. The topological polar surface area (TPSA) is 62.7 Å². The van der Waals surface area contributed by atoms with Gasteiger partial charge in [-0.25, -0.2) is 0 Å². The average molecular weight is 279 g/mol. The predicted molar refractivity (Wildman–Crippen MR) is 78.4 cm³/mol. The van der Waals surface area contributed by atoms with Crippen LogP contribution in [0.1, 0.15) is 42.3 Å². The van der Waals surface area contributed by atoms with Crippen molar-refractivity contribution in [1.82, 2.24) is 9.80 Å². The van der Waals surface area contributed by atoms with Crippen LogP contribution >= 0.6 is 0 Å². The van der Waals surface area contributed by atoms with Crippen molar-refractivity contribution in [2.45, 2.75) is 38.8 Å². The fourth-order valence-corrected chi connectivity index (χ4v) is 2.82. The Labute approximate surface area is 120 Å². The summed E-state index contributed by atoms with van der Waals surface area (Å²) in [6, 6.07) is 2.07. The lowest BCUT2D eigenvalue weighted by molar-refractivity contribution is 0.0642. The number of hydrogen-bond donors (Lipinski definition) is 1. The second-order valence-electron chi connectivity index (χ2n) is 5.49. The van der Waals surface area contributed by atoms with E-state index in [4.69, 9.17) is 10.2 Å². The van der Waals surface area contributed by atoms with Crippen LogP contribution in [0.2, 0.25) is 0 Å². The zero-order chi connectivity index (χ0) is 14.5. The van der Waals surface area contributed by atoms with E-state index in [0.29, 0.717) is 23.9 Å². The Balaban J connectivity index is 1.91. The number of likely N-dealkylation sites (tertiary alicyclic amines) is 1. The summed E-state index contributed by atoms with van der Waals surface area (Å²) < 4.78 is 5.24. The quantitative estimate of drug-likeness (QED) is 0.891. The van der Waals surface area contributed by atoms with Crippen LogP contribution in [-0.2, 0) is 6.54 Å². The number of carbonyl (C=O) groups is 1. The van der Waals surface area contributed by atoms with Gasteiger partial charge in [-0.1, -0.05) is 6.92 Å². The average Bonchev–Trinajstić information content (AvgIpc) is 2.96. The Hall–Kier alpha value is -1.33. The van der Waals surface area contributed by atoms with Gasteiger partial charge < -0.3 is 20.0 Å². The maximum Gasteiger partial charge on any atom is 0.257 e. The molecule has 1 amide bonds. The first-order chi connectivity index (χ1) is 9.65. The molecule has 0 spiro atoms. The summed E-state index contributed by atoms with van der Waals surface area (Å²) in [7, 11) is 1.89. The normalized spacial score (nSPS) is 17.4. The highest BCUT2D eigenvalue weighted by molar-refractivity contribution is 5.94. The van der Waals surface area contributed by atoms with Gasteiger partial charge in [-0.05, 0) is 31.9 Å². The van der Waals surface area contributed by atoms with Crippen LogP contribution in [0.15, 0.2) is 16.7 Å². The van der Waals surface area contributed by atoms with Gasteiger partial charge in [-0.2, -0.15) is 0 Å². The number of nitrogens with zero attached hydrogens (tertiary/aromatic N) is 2. The molecule has 0 aliphatic carbocycles. The van der Waals surface area contributed by atoms with E-state index in [1.54, 1.807) is 6.07 Å². The predicted octanol–water partition coefficient (Wildman–Crippen LogP) is 1.68. The Morgan fingerprint density at radius 2 is 2.20 bits per heavy atom. The second-order valence-corrected chi connectivity index (χ2v) is 5.49. The monoisotopic (exact) mass is 279 g/mol. The standard InChI is InChI=1S/C15H25N3O2/c1-3-6-18-7-4-13(5-8-18)17(2)15(19)12-9-14(10-16)20-11-12/h9,11,13H,3-8,10,16H2,1-2H3. The van der Waals surface area contributed by atoms with Gasteiger partial charge in [0, 0.05) is 26.2 Å². The van der Waals surface area contributed by atoms with Gasteiger partial charge in [-0.15, -0.1) is 0 Å². The highest BCUT2D eigenvalue weighted by Crippen LogP contribution is 2.18. The molecule has 0 atom stereocenters. The summed E-state index contributed by atoms with van der Waals surface area (Å²) in [5.74, 6) is 0.682. The van der Waals surface area contributed by atoms with E-state index in [1.807, 2.05) is 11.9 Å². The molecule has 20 heavy (non-hydrogen) atoms. The van der Waals surface area contributed by atoms with E-state index in [9.17, 15) is 4.79 Å². The minimum absolute atomic E-state index is 0.0300. The summed E-state index contributed by atoms with van der Waals surface area (Å²) in [6.45, 7) is 5.85.